The molecule has 0 radical (unpaired) electrons. The average Bonchev–Trinajstić information content (AvgIpc) is 2.59. The number of Topliss-reactive ketones (excluding diaryl/α,β-unsaturated/α-hetero) is 1. The van der Waals surface area contributed by atoms with Gasteiger partial charge in [0.25, 0.3) is 0 Å². The maximum Gasteiger partial charge on any atom is 0.315 e. The Labute approximate surface area is 165 Å². The van der Waals surface area contributed by atoms with Crippen molar-refractivity contribution in [2.45, 2.75) is 51.3 Å². The van der Waals surface area contributed by atoms with E-state index in [0.717, 1.165) is 28.3 Å². The molecule has 1 aromatic carbocycles. The van der Waals surface area contributed by atoms with Crippen molar-refractivity contribution in [2.24, 2.45) is 16.3 Å². The second kappa shape index (κ2) is 7.63. The average molecular weight is 386 g/mol. The van der Waals surface area contributed by atoms with Gasteiger partial charge in [0.05, 0.1) is 6.61 Å². The van der Waals surface area contributed by atoms with Crippen LogP contribution in [0.5, 0.6) is 0 Å². The zero-order valence-electron chi connectivity index (χ0n) is 16.7. The van der Waals surface area contributed by atoms with Crippen LogP contribution >= 0.6 is 11.8 Å². The molecule has 5 heteroatoms. The molecule has 2 aliphatic rings. The van der Waals surface area contributed by atoms with E-state index in [0.29, 0.717) is 18.6 Å². The number of aliphatic imine (C=N–C) groups is 1. The van der Waals surface area contributed by atoms with Crippen molar-refractivity contribution >= 4 is 29.2 Å². The predicted octanol–water partition coefficient (Wildman–Crippen LogP) is 4.79. The van der Waals surface area contributed by atoms with Gasteiger partial charge < -0.3 is 4.74 Å². The molecule has 1 aliphatic carbocycles. The summed E-state index contributed by atoms with van der Waals surface area (Å²) < 4.78 is 5.35. The number of carbonyl (C=O) groups excluding carboxylic acids is 2. The SMILES string of the molecule is CCOC(=O)C1C(C)=NC2=C(C(=O)CC(C)(C)C2)[C@@H]1c1ccc(SC)cc1. The third-order valence-electron chi connectivity index (χ3n) is 5.32. The molecule has 4 nitrogen and oxygen atoms in total. The molecule has 0 fully saturated rings. The van der Waals surface area contributed by atoms with E-state index in [1.54, 1.807) is 18.7 Å². The van der Waals surface area contributed by atoms with E-state index in [1.807, 2.05) is 37.4 Å². The number of thioether (sulfide) groups is 1. The number of carbonyl (C=O) groups is 2. The van der Waals surface area contributed by atoms with Gasteiger partial charge in [-0.15, -0.1) is 11.8 Å². The second-order valence-corrected chi connectivity index (χ2v) is 8.91. The summed E-state index contributed by atoms with van der Waals surface area (Å²) in [5.74, 6) is -1.07. The van der Waals surface area contributed by atoms with E-state index in [9.17, 15) is 9.59 Å². The van der Waals surface area contributed by atoms with E-state index in [4.69, 9.17) is 9.73 Å². The Morgan fingerprint density at radius 1 is 1.26 bits per heavy atom. The van der Waals surface area contributed by atoms with E-state index in [2.05, 4.69) is 13.8 Å². The van der Waals surface area contributed by atoms with E-state index in [1.165, 1.54) is 0 Å². The Hall–Kier alpha value is -1.88. The molecule has 1 aliphatic heterocycles. The number of ether oxygens (including phenoxy) is 1. The minimum atomic E-state index is -0.547. The summed E-state index contributed by atoms with van der Waals surface area (Å²) >= 11 is 1.67. The van der Waals surface area contributed by atoms with Crippen LogP contribution in [-0.2, 0) is 14.3 Å². The minimum absolute atomic E-state index is 0.103. The highest BCUT2D eigenvalue weighted by Crippen LogP contribution is 2.48. The number of hydrogen-bond acceptors (Lipinski definition) is 5. The molecule has 1 heterocycles. The van der Waals surface area contributed by atoms with Crippen LogP contribution in [-0.4, -0.2) is 30.3 Å². The molecular formula is C22H27NO3S. The van der Waals surface area contributed by atoms with E-state index in [-0.39, 0.29) is 23.1 Å². The smallest absolute Gasteiger partial charge is 0.315 e. The van der Waals surface area contributed by atoms with Crippen LogP contribution in [0.4, 0.5) is 0 Å². The highest BCUT2D eigenvalue weighted by atomic mass is 32.2. The van der Waals surface area contributed by atoms with Crippen LogP contribution in [0.2, 0.25) is 0 Å². The monoisotopic (exact) mass is 385 g/mol. The van der Waals surface area contributed by atoms with Gasteiger partial charge in [0, 0.05) is 34.2 Å². The first-order chi connectivity index (χ1) is 12.8. The Bertz CT molecular complexity index is 820. The van der Waals surface area contributed by atoms with Crippen molar-refractivity contribution in [1.29, 1.82) is 0 Å². The third kappa shape index (κ3) is 3.88. The molecule has 27 heavy (non-hydrogen) atoms. The maximum absolute atomic E-state index is 13.1. The molecular weight excluding hydrogens is 358 g/mol. The van der Waals surface area contributed by atoms with Gasteiger partial charge in [-0.25, -0.2) is 0 Å². The highest BCUT2D eigenvalue weighted by Gasteiger charge is 2.45. The summed E-state index contributed by atoms with van der Waals surface area (Å²) in [6.45, 7) is 8.18. The van der Waals surface area contributed by atoms with Gasteiger partial charge in [0.1, 0.15) is 5.92 Å². The molecule has 0 N–H and O–H groups in total. The lowest BCUT2D eigenvalue weighted by Gasteiger charge is -2.39. The first-order valence-corrected chi connectivity index (χ1v) is 10.6. The fraction of sp³-hybridized carbons (Fsp3) is 0.500. The lowest BCUT2D eigenvalue weighted by molar-refractivity contribution is -0.146. The lowest BCUT2D eigenvalue weighted by atomic mass is 9.67. The van der Waals surface area contributed by atoms with Gasteiger partial charge in [-0.3, -0.25) is 14.6 Å². The van der Waals surface area contributed by atoms with Crippen molar-refractivity contribution in [3.05, 3.63) is 41.1 Å². The first-order valence-electron chi connectivity index (χ1n) is 9.39. The van der Waals surface area contributed by atoms with Gasteiger partial charge in [-0.05, 0) is 49.6 Å². The summed E-state index contributed by atoms with van der Waals surface area (Å²) in [4.78, 5) is 31.7. The molecule has 1 unspecified atom stereocenters. The van der Waals surface area contributed by atoms with Crippen molar-refractivity contribution in [1.82, 2.24) is 0 Å². The van der Waals surface area contributed by atoms with Gasteiger partial charge in [-0.1, -0.05) is 26.0 Å². The van der Waals surface area contributed by atoms with Crippen molar-refractivity contribution in [3.63, 3.8) is 0 Å². The van der Waals surface area contributed by atoms with Crippen LogP contribution in [0.3, 0.4) is 0 Å². The Balaban J connectivity index is 2.14. The minimum Gasteiger partial charge on any atom is -0.465 e. The molecule has 0 saturated heterocycles. The van der Waals surface area contributed by atoms with Gasteiger partial charge in [0.2, 0.25) is 0 Å². The zero-order chi connectivity index (χ0) is 19.8. The molecule has 2 atom stereocenters. The van der Waals surface area contributed by atoms with Crippen LogP contribution in [0.15, 0.2) is 45.4 Å². The Morgan fingerprint density at radius 3 is 2.52 bits per heavy atom. The topological polar surface area (TPSA) is 55.7 Å². The quantitative estimate of drug-likeness (QED) is 0.552. The van der Waals surface area contributed by atoms with E-state index >= 15 is 0 Å². The highest BCUT2D eigenvalue weighted by molar-refractivity contribution is 7.98. The number of benzene rings is 1. The fourth-order valence-electron chi connectivity index (χ4n) is 4.15. The summed E-state index contributed by atoms with van der Waals surface area (Å²) in [6.07, 6.45) is 3.26. The lowest BCUT2D eigenvalue weighted by Crippen LogP contribution is -2.39. The number of rotatable bonds is 4. The normalized spacial score (nSPS) is 24.3. The number of nitrogens with zero attached hydrogens (tertiary/aromatic N) is 1. The maximum atomic E-state index is 13.1. The fourth-order valence-corrected chi connectivity index (χ4v) is 4.56. The van der Waals surface area contributed by atoms with Crippen LogP contribution in [0.25, 0.3) is 0 Å². The molecule has 1 aromatic rings. The third-order valence-corrected chi connectivity index (χ3v) is 6.06. The van der Waals surface area contributed by atoms with Crippen LogP contribution in [0.1, 0.15) is 52.0 Å². The van der Waals surface area contributed by atoms with Crippen molar-refractivity contribution < 1.29 is 14.3 Å². The van der Waals surface area contributed by atoms with Crippen LogP contribution < -0.4 is 0 Å². The Kier molecular flexibility index (Phi) is 5.61. The summed E-state index contributed by atoms with van der Waals surface area (Å²) in [5.41, 5.74) is 3.14. The largest absolute Gasteiger partial charge is 0.465 e. The second-order valence-electron chi connectivity index (χ2n) is 8.04. The van der Waals surface area contributed by atoms with Gasteiger partial charge in [-0.2, -0.15) is 0 Å². The first kappa shape index (κ1) is 19.9. The number of ketones is 1. The number of esters is 1. The molecule has 3 rings (SSSR count). The summed E-state index contributed by atoms with van der Waals surface area (Å²) in [5, 5.41) is 0. The standard InChI is InChI=1S/C22H27NO3S/c1-6-26-21(25)18-13(2)23-16-11-22(3,4)12-17(24)20(16)19(18)14-7-9-15(27-5)10-8-14/h7-10,18-19H,6,11-12H2,1-5H3/t18?,19-/m1/s1. The van der Waals surface area contributed by atoms with Crippen molar-refractivity contribution in [3.8, 4) is 0 Å². The van der Waals surface area contributed by atoms with E-state index < -0.39 is 5.92 Å². The molecule has 0 aromatic heterocycles. The zero-order valence-corrected chi connectivity index (χ0v) is 17.5. The van der Waals surface area contributed by atoms with Gasteiger partial charge >= 0.3 is 5.97 Å². The molecule has 0 amide bonds. The van der Waals surface area contributed by atoms with Crippen molar-refractivity contribution in [2.75, 3.05) is 12.9 Å². The molecule has 0 bridgehead atoms. The Morgan fingerprint density at radius 2 is 1.93 bits per heavy atom. The predicted molar refractivity (Wildman–Crippen MR) is 109 cm³/mol. The van der Waals surface area contributed by atoms with Crippen LogP contribution in [0, 0.1) is 11.3 Å². The van der Waals surface area contributed by atoms with Gasteiger partial charge in [0.15, 0.2) is 5.78 Å². The molecule has 0 saturated carbocycles. The summed E-state index contributed by atoms with van der Waals surface area (Å²) in [7, 11) is 0. The number of hydrogen-bond donors (Lipinski definition) is 0. The molecule has 144 valence electrons. The summed E-state index contributed by atoms with van der Waals surface area (Å²) in [6, 6.07) is 8.14. The molecule has 0 spiro atoms. The number of allylic oxidation sites excluding steroid dienone is 2.